The largest absolute Gasteiger partial charge is 0.397 e. The molecule has 0 saturated heterocycles. The molecule has 21 heavy (non-hydrogen) atoms. The molecule has 0 aliphatic carbocycles. The molecule has 0 fully saturated rings. The van der Waals surface area contributed by atoms with Crippen LogP contribution in [0, 0.1) is 13.8 Å². The highest BCUT2D eigenvalue weighted by Gasteiger charge is 2.21. The fourth-order valence-electron chi connectivity index (χ4n) is 2.35. The van der Waals surface area contributed by atoms with Gasteiger partial charge in [0.25, 0.3) is 5.91 Å². The van der Waals surface area contributed by atoms with Crippen LogP contribution in [0.15, 0.2) is 6.07 Å². The number of aryl methyl sites for hydroxylation is 2. The van der Waals surface area contributed by atoms with Gasteiger partial charge in [-0.3, -0.25) is 4.79 Å². The summed E-state index contributed by atoms with van der Waals surface area (Å²) in [5.74, 6) is -0.0522. The average molecular weight is 307 g/mol. The van der Waals surface area contributed by atoms with Gasteiger partial charge < -0.3 is 15.4 Å². The molecule has 0 unspecified atom stereocenters. The molecule has 0 aliphatic rings. The highest BCUT2D eigenvalue weighted by molar-refractivity contribution is 7.21. The number of nitrogen functional groups attached to an aromatic ring is 1. The van der Waals surface area contributed by atoms with Gasteiger partial charge in [0, 0.05) is 38.4 Å². The van der Waals surface area contributed by atoms with Crippen LogP contribution in [-0.4, -0.2) is 43.1 Å². The van der Waals surface area contributed by atoms with Gasteiger partial charge in [-0.15, -0.1) is 11.3 Å². The summed E-state index contributed by atoms with van der Waals surface area (Å²) in [6.45, 7) is 5.22. The van der Waals surface area contributed by atoms with Crippen molar-refractivity contribution in [1.82, 2.24) is 9.88 Å². The van der Waals surface area contributed by atoms with Gasteiger partial charge in [-0.05, 0) is 31.9 Å². The predicted molar refractivity (Wildman–Crippen MR) is 87.0 cm³/mol. The second-order valence-corrected chi connectivity index (χ2v) is 6.18. The third-order valence-electron chi connectivity index (χ3n) is 3.41. The number of carbonyl (C=O) groups is 1. The van der Waals surface area contributed by atoms with Crippen LogP contribution in [0.5, 0.6) is 0 Å². The van der Waals surface area contributed by atoms with Crippen molar-refractivity contribution < 1.29 is 9.53 Å². The van der Waals surface area contributed by atoms with Crippen molar-refractivity contribution in [3.63, 3.8) is 0 Å². The SMILES string of the molecule is COCCCN(C)C(=O)c1sc2nc(C)cc(C)c2c1N. The van der Waals surface area contributed by atoms with Gasteiger partial charge in [0.2, 0.25) is 0 Å². The van der Waals surface area contributed by atoms with Gasteiger partial charge in [-0.1, -0.05) is 0 Å². The Hall–Kier alpha value is -1.66. The molecule has 2 heterocycles. The lowest BCUT2D eigenvalue weighted by Crippen LogP contribution is -2.28. The van der Waals surface area contributed by atoms with E-state index in [-0.39, 0.29) is 5.91 Å². The normalized spacial score (nSPS) is 11.0. The minimum atomic E-state index is -0.0522. The second kappa shape index (κ2) is 6.41. The number of thiophene rings is 1. The third-order valence-corrected chi connectivity index (χ3v) is 4.49. The number of methoxy groups -OCH3 is 1. The molecule has 0 saturated carbocycles. The van der Waals surface area contributed by atoms with E-state index >= 15 is 0 Å². The summed E-state index contributed by atoms with van der Waals surface area (Å²) in [6, 6.07) is 1.99. The van der Waals surface area contributed by atoms with Gasteiger partial charge >= 0.3 is 0 Å². The Morgan fingerprint density at radius 2 is 2.19 bits per heavy atom. The Morgan fingerprint density at radius 1 is 1.48 bits per heavy atom. The fourth-order valence-corrected chi connectivity index (χ4v) is 3.56. The predicted octanol–water partition coefficient (Wildman–Crippen LogP) is 2.60. The van der Waals surface area contributed by atoms with Gasteiger partial charge in [0.05, 0.1) is 5.69 Å². The molecule has 0 aromatic carbocycles. The van der Waals surface area contributed by atoms with Crippen molar-refractivity contribution in [2.45, 2.75) is 20.3 Å². The number of nitrogens with two attached hydrogens (primary N) is 1. The van der Waals surface area contributed by atoms with E-state index in [0.717, 1.165) is 27.9 Å². The average Bonchev–Trinajstić information content (AvgIpc) is 2.75. The monoisotopic (exact) mass is 307 g/mol. The number of hydrogen-bond donors (Lipinski definition) is 1. The Kier molecular flexibility index (Phi) is 4.80. The van der Waals surface area contributed by atoms with Crippen molar-refractivity contribution in [3.8, 4) is 0 Å². The summed E-state index contributed by atoms with van der Waals surface area (Å²) in [7, 11) is 3.44. The Labute approximate surface area is 128 Å². The van der Waals surface area contributed by atoms with Crippen LogP contribution in [0.25, 0.3) is 10.2 Å². The van der Waals surface area contributed by atoms with Crippen LogP contribution < -0.4 is 5.73 Å². The maximum atomic E-state index is 12.5. The molecule has 0 aliphatic heterocycles. The zero-order valence-electron chi connectivity index (χ0n) is 12.9. The van der Waals surface area contributed by atoms with Gasteiger partial charge in [0.1, 0.15) is 9.71 Å². The molecule has 6 heteroatoms. The standard InChI is InChI=1S/C15H21N3O2S/c1-9-8-10(2)17-14-11(9)12(16)13(21-14)15(19)18(3)6-5-7-20-4/h8H,5-7,16H2,1-4H3. The third kappa shape index (κ3) is 3.16. The van der Waals surface area contributed by atoms with E-state index in [4.69, 9.17) is 10.5 Å². The van der Waals surface area contributed by atoms with Crippen LogP contribution in [0.4, 0.5) is 5.69 Å². The lowest BCUT2D eigenvalue weighted by molar-refractivity contribution is 0.0785. The first-order valence-electron chi connectivity index (χ1n) is 6.86. The number of aromatic nitrogens is 1. The number of hydrogen-bond acceptors (Lipinski definition) is 5. The number of nitrogens with zero attached hydrogens (tertiary/aromatic N) is 2. The lowest BCUT2D eigenvalue weighted by Gasteiger charge is -2.16. The number of carbonyl (C=O) groups excluding carboxylic acids is 1. The molecule has 0 spiro atoms. The van der Waals surface area contributed by atoms with Crippen LogP contribution in [-0.2, 0) is 4.74 Å². The highest BCUT2D eigenvalue weighted by Crippen LogP contribution is 2.35. The van der Waals surface area contributed by atoms with Gasteiger partial charge in [-0.25, -0.2) is 4.98 Å². The van der Waals surface area contributed by atoms with E-state index < -0.39 is 0 Å². The van der Waals surface area contributed by atoms with Gasteiger partial charge in [-0.2, -0.15) is 0 Å². The van der Waals surface area contributed by atoms with E-state index in [2.05, 4.69) is 4.98 Å². The van der Waals surface area contributed by atoms with Crippen LogP contribution >= 0.6 is 11.3 Å². The van der Waals surface area contributed by atoms with Crippen LogP contribution in [0.1, 0.15) is 27.3 Å². The Bertz CT molecular complexity index is 666. The fraction of sp³-hybridized carbons (Fsp3) is 0.467. The van der Waals surface area contributed by atoms with E-state index in [1.165, 1.54) is 11.3 Å². The van der Waals surface area contributed by atoms with Crippen molar-refractivity contribution in [2.24, 2.45) is 0 Å². The smallest absolute Gasteiger partial charge is 0.265 e. The van der Waals surface area contributed by atoms with E-state index in [0.29, 0.717) is 23.7 Å². The number of amides is 1. The molecule has 2 N–H and O–H groups in total. The molecule has 0 atom stereocenters. The molecule has 2 aromatic heterocycles. The number of fused-ring (bicyclic) bond motifs is 1. The van der Waals surface area contributed by atoms with Gasteiger partial charge in [0.15, 0.2) is 0 Å². The minimum absolute atomic E-state index is 0.0522. The van der Waals surface area contributed by atoms with Crippen molar-refractivity contribution in [1.29, 1.82) is 0 Å². The molecule has 114 valence electrons. The summed E-state index contributed by atoms with van der Waals surface area (Å²) < 4.78 is 5.01. The zero-order valence-corrected chi connectivity index (χ0v) is 13.7. The second-order valence-electron chi connectivity index (χ2n) is 5.18. The van der Waals surface area contributed by atoms with Crippen molar-refractivity contribution in [2.75, 3.05) is 33.0 Å². The number of anilines is 1. The lowest BCUT2D eigenvalue weighted by atomic mass is 10.1. The molecule has 2 rings (SSSR count). The Morgan fingerprint density at radius 3 is 2.86 bits per heavy atom. The molecule has 1 amide bonds. The quantitative estimate of drug-likeness (QED) is 0.862. The van der Waals surface area contributed by atoms with Crippen molar-refractivity contribution in [3.05, 3.63) is 22.2 Å². The minimum Gasteiger partial charge on any atom is -0.397 e. The van der Waals surface area contributed by atoms with E-state index in [1.807, 2.05) is 19.9 Å². The molecular weight excluding hydrogens is 286 g/mol. The molecule has 5 nitrogen and oxygen atoms in total. The summed E-state index contributed by atoms with van der Waals surface area (Å²) in [4.78, 5) is 20.1. The highest BCUT2D eigenvalue weighted by atomic mass is 32.1. The Balaban J connectivity index is 2.32. The molecule has 0 bridgehead atoms. The first kappa shape index (κ1) is 15.7. The zero-order chi connectivity index (χ0) is 15.6. The summed E-state index contributed by atoms with van der Waals surface area (Å²) in [6.07, 6.45) is 0.805. The first-order valence-corrected chi connectivity index (χ1v) is 7.68. The number of pyridine rings is 1. The summed E-state index contributed by atoms with van der Waals surface area (Å²) >= 11 is 1.37. The molecule has 0 radical (unpaired) electrons. The topological polar surface area (TPSA) is 68.5 Å². The van der Waals surface area contributed by atoms with Crippen LogP contribution in [0.3, 0.4) is 0 Å². The number of ether oxygens (including phenoxy) is 1. The van der Waals surface area contributed by atoms with E-state index in [9.17, 15) is 4.79 Å². The molecular formula is C15H21N3O2S. The summed E-state index contributed by atoms with van der Waals surface area (Å²) in [5.41, 5.74) is 8.73. The van der Waals surface area contributed by atoms with Crippen LogP contribution in [0.2, 0.25) is 0 Å². The maximum Gasteiger partial charge on any atom is 0.265 e. The number of rotatable bonds is 5. The summed E-state index contributed by atoms with van der Waals surface area (Å²) in [5, 5.41) is 0.902. The van der Waals surface area contributed by atoms with E-state index in [1.54, 1.807) is 19.1 Å². The molecule has 2 aromatic rings. The maximum absolute atomic E-state index is 12.5. The van der Waals surface area contributed by atoms with Crippen molar-refractivity contribution >= 4 is 33.1 Å². The first-order chi connectivity index (χ1) is 9.95.